The van der Waals surface area contributed by atoms with Crippen molar-refractivity contribution in [2.75, 3.05) is 6.61 Å². The summed E-state index contributed by atoms with van der Waals surface area (Å²) >= 11 is 10.9. The monoisotopic (exact) mass is 624 g/mol. The molecular weight excluding hydrogens is 600 g/mol. The molecule has 5 rings (SSSR count). The van der Waals surface area contributed by atoms with Gasteiger partial charge in [-0.1, -0.05) is 67.1 Å². The summed E-state index contributed by atoms with van der Waals surface area (Å²) in [6.07, 6.45) is 1.70. The van der Waals surface area contributed by atoms with Crippen LogP contribution in [0.4, 0.5) is 0 Å². The van der Waals surface area contributed by atoms with Crippen molar-refractivity contribution >= 4 is 50.9 Å². The zero-order chi connectivity index (χ0) is 27.8. The average molecular weight is 626 g/mol. The Hall–Kier alpha value is -3.20. The summed E-state index contributed by atoms with van der Waals surface area (Å²) in [6.45, 7) is 8.01. The first-order valence-electron chi connectivity index (χ1n) is 12.5. The Balaban J connectivity index is 1.62. The quantitative estimate of drug-likeness (QED) is 0.227. The molecule has 9 heteroatoms. The van der Waals surface area contributed by atoms with Gasteiger partial charge in [0.1, 0.15) is 11.5 Å². The minimum atomic E-state index is -0.652. The Labute approximate surface area is 243 Å². The van der Waals surface area contributed by atoms with E-state index in [0.717, 1.165) is 15.6 Å². The van der Waals surface area contributed by atoms with Gasteiger partial charge < -0.3 is 9.15 Å². The van der Waals surface area contributed by atoms with Gasteiger partial charge in [0, 0.05) is 16.1 Å². The van der Waals surface area contributed by atoms with Gasteiger partial charge in [-0.05, 0) is 71.1 Å². The van der Waals surface area contributed by atoms with E-state index >= 15 is 0 Å². The molecule has 0 saturated heterocycles. The molecule has 200 valence electrons. The minimum Gasteiger partial charge on any atom is -0.463 e. The SMILES string of the molecule is CCOC(=O)C1=C(C)N=c2s/c(=C/c3ccc(-c4ccc(Br)c(Cl)c4)o3)c(=O)n2C1c1ccc(C(C)C)cc1. The van der Waals surface area contributed by atoms with E-state index < -0.39 is 12.0 Å². The smallest absolute Gasteiger partial charge is 0.338 e. The maximum absolute atomic E-state index is 13.8. The molecule has 4 aromatic rings. The van der Waals surface area contributed by atoms with Crippen LogP contribution in [0.1, 0.15) is 56.5 Å². The Bertz CT molecular complexity index is 1780. The molecule has 0 saturated carbocycles. The fraction of sp³-hybridized carbons (Fsp3) is 0.233. The maximum Gasteiger partial charge on any atom is 0.338 e. The molecule has 0 bridgehead atoms. The summed E-state index contributed by atoms with van der Waals surface area (Å²) in [7, 11) is 0. The molecule has 2 aromatic heterocycles. The van der Waals surface area contributed by atoms with Crippen molar-refractivity contribution in [3.05, 3.63) is 112 Å². The Morgan fingerprint density at radius 1 is 1.21 bits per heavy atom. The predicted molar refractivity (Wildman–Crippen MR) is 158 cm³/mol. The number of hydrogen-bond acceptors (Lipinski definition) is 6. The van der Waals surface area contributed by atoms with Gasteiger partial charge >= 0.3 is 5.97 Å². The normalized spacial score (nSPS) is 15.5. The van der Waals surface area contributed by atoms with Crippen LogP contribution < -0.4 is 14.9 Å². The van der Waals surface area contributed by atoms with Gasteiger partial charge in [0.2, 0.25) is 0 Å². The summed E-state index contributed by atoms with van der Waals surface area (Å²) in [4.78, 5) is 32.0. The second-order valence-electron chi connectivity index (χ2n) is 9.45. The molecule has 1 aliphatic heterocycles. The Morgan fingerprint density at radius 3 is 2.62 bits per heavy atom. The molecule has 1 aliphatic rings. The zero-order valence-corrected chi connectivity index (χ0v) is 25.0. The standard InChI is InChI=1S/C30H26BrClN2O4S/c1-5-37-29(36)26-17(4)33-30-34(27(26)19-8-6-18(7-9-19)16(2)3)28(35)25(39-30)15-21-11-13-24(38-21)20-10-12-22(31)23(32)14-20/h6-16,27H,5H2,1-4H3/b25-15+. The van der Waals surface area contributed by atoms with Crippen molar-refractivity contribution in [2.24, 2.45) is 4.99 Å². The molecule has 1 atom stereocenters. The van der Waals surface area contributed by atoms with Crippen LogP contribution in [0.3, 0.4) is 0 Å². The highest BCUT2D eigenvalue weighted by Gasteiger charge is 2.33. The van der Waals surface area contributed by atoms with E-state index in [9.17, 15) is 9.59 Å². The van der Waals surface area contributed by atoms with Crippen LogP contribution in [-0.4, -0.2) is 17.1 Å². The number of rotatable bonds is 6. The molecule has 6 nitrogen and oxygen atoms in total. The number of furan rings is 1. The fourth-order valence-corrected chi connectivity index (χ4v) is 5.99. The predicted octanol–water partition coefficient (Wildman–Crippen LogP) is 6.60. The number of aromatic nitrogens is 1. The highest BCUT2D eigenvalue weighted by molar-refractivity contribution is 9.10. The first kappa shape index (κ1) is 27.4. The lowest BCUT2D eigenvalue weighted by atomic mass is 9.93. The Morgan fingerprint density at radius 2 is 1.95 bits per heavy atom. The number of esters is 1. The number of carbonyl (C=O) groups is 1. The van der Waals surface area contributed by atoms with E-state index in [1.165, 1.54) is 16.9 Å². The number of thiazole rings is 1. The number of hydrogen-bond donors (Lipinski definition) is 0. The van der Waals surface area contributed by atoms with E-state index in [1.54, 1.807) is 30.6 Å². The summed E-state index contributed by atoms with van der Waals surface area (Å²) in [5.74, 6) is 1.03. The van der Waals surface area contributed by atoms with Crippen molar-refractivity contribution in [3.63, 3.8) is 0 Å². The minimum absolute atomic E-state index is 0.226. The number of allylic oxidation sites excluding steroid dienone is 1. The first-order chi connectivity index (χ1) is 18.7. The molecule has 0 aliphatic carbocycles. The van der Waals surface area contributed by atoms with Crippen molar-refractivity contribution < 1.29 is 13.9 Å². The molecule has 3 heterocycles. The summed E-state index contributed by atoms with van der Waals surface area (Å²) in [5.41, 5.74) is 3.45. The molecule has 2 aromatic carbocycles. The van der Waals surface area contributed by atoms with Crippen LogP contribution in [0.15, 0.2) is 84.5 Å². The third-order valence-corrected chi connectivity index (χ3v) is 8.76. The third kappa shape index (κ3) is 5.33. The van der Waals surface area contributed by atoms with Crippen molar-refractivity contribution in [3.8, 4) is 11.3 Å². The van der Waals surface area contributed by atoms with E-state index in [4.69, 9.17) is 20.8 Å². The lowest BCUT2D eigenvalue weighted by Crippen LogP contribution is -2.39. The van der Waals surface area contributed by atoms with Gasteiger partial charge in [0.25, 0.3) is 5.56 Å². The lowest BCUT2D eigenvalue weighted by Gasteiger charge is -2.25. The molecule has 1 unspecified atom stereocenters. The van der Waals surface area contributed by atoms with Crippen molar-refractivity contribution in [1.82, 2.24) is 4.57 Å². The molecule has 0 N–H and O–H groups in total. The van der Waals surface area contributed by atoms with Gasteiger partial charge in [-0.25, -0.2) is 9.79 Å². The van der Waals surface area contributed by atoms with Gasteiger partial charge in [-0.3, -0.25) is 9.36 Å². The zero-order valence-electron chi connectivity index (χ0n) is 21.8. The van der Waals surface area contributed by atoms with Gasteiger partial charge in [-0.2, -0.15) is 0 Å². The number of ether oxygens (including phenoxy) is 1. The fourth-order valence-electron chi connectivity index (χ4n) is 4.53. The summed E-state index contributed by atoms with van der Waals surface area (Å²) in [5, 5.41) is 0.577. The van der Waals surface area contributed by atoms with Crippen LogP contribution >= 0.6 is 38.9 Å². The lowest BCUT2D eigenvalue weighted by molar-refractivity contribution is -0.139. The summed E-state index contributed by atoms with van der Waals surface area (Å²) < 4.78 is 14.2. The van der Waals surface area contributed by atoms with Crippen LogP contribution in [0.5, 0.6) is 0 Å². The van der Waals surface area contributed by atoms with Crippen LogP contribution in [0.25, 0.3) is 17.4 Å². The van der Waals surface area contributed by atoms with Crippen molar-refractivity contribution in [2.45, 2.75) is 39.7 Å². The molecule has 0 fully saturated rings. The molecule has 0 amide bonds. The maximum atomic E-state index is 13.8. The van der Waals surface area contributed by atoms with Gasteiger partial charge in [-0.15, -0.1) is 0 Å². The summed E-state index contributed by atoms with van der Waals surface area (Å²) in [6, 6.07) is 16.6. The van der Waals surface area contributed by atoms with Crippen LogP contribution in [0, 0.1) is 0 Å². The largest absolute Gasteiger partial charge is 0.463 e. The van der Waals surface area contributed by atoms with Crippen molar-refractivity contribution in [1.29, 1.82) is 0 Å². The highest BCUT2D eigenvalue weighted by Crippen LogP contribution is 2.32. The van der Waals surface area contributed by atoms with E-state index in [1.807, 2.05) is 48.5 Å². The molecular formula is C30H26BrClN2O4S. The molecule has 0 radical (unpaired) electrons. The Kier molecular flexibility index (Phi) is 7.80. The van der Waals surface area contributed by atoms with E-state index in [-0.39, 0.29) is 12.2 Å². The van der Waals surface area contributed by atoms with Gasteiger partial charge in [0.15, 0.2) is 4.80 Å². The second-order valence-corrected chi connectivity index (χ2v) is 11.7. The van der Waals surface area contributed by atoms with Crippen LogP contribution in [0.2, 0.25) is 5.02 Å². The average Bonchev–Trinajstić information content (AvgIpc) is 3.49. The molecule has 39 heavy (non-hydrogen) atoms. The number of benzene rings is 2. The number of carbonyl (C=O) groups excluding carboxylic acids is 1. The highest BCUT2D eigenvalue weighted by atomic mass is 79.9. The topological polar surface area (TPSA) is 73.8 Å². The van der Waals surface area contributed by atoms with E-state index in [0.29, 0.717) is 43.1 Å². The van der Waals surface area contributed by atoms with E-state index in [2.05, 4.69) is 34.8 Å². The first-order valence-corrected chi connectivity index (χ1v) is 14.5. The third-order valence-electron chi connectivity index (χ3n) is 6.54. The second kappa shape index (κ2) is 11.1. The van der Waals surface area contributed by atoms with Gasteiger partial charge in [0.05, 0.1) is 33.5 Å². The van der Waals surface area contributed by atoms with Crippen LogP contribution in [-0.2, 0) is 9.53 Å². The molecule has 0 spiro atoms. The number of fused-ring (bicyclic) bond motifs is 1. The number of nitrogens with zero attached hydrogens (tertiary/aromatic N) is 2. The number of halogens is 2.